The fraction of sp³-hybridized carbons (Fsp3) is 0.235. The monoisotopic (exact) mass is 386 g/mol. The number of carbonyl (C=O) groups is 1. The molecule has 6 nitrogen and oxygen atoms in total. The lowest BCUT2D eigenvalue weighted by Crippen LogP contribution is -2.22. The van der Waals surface area contributed by atoms with Gasteiger partial charge in [-0.05, 0) is 0 Å². The summed E-state index contributed by atoms with van der Waals surface area (Å²) in [6.45, 7) is -0.237. The van der Waals surface area contributed by atoms with Gasteiger partial charge in [-0.1, -0.05) is 11.6 Å². The van der Waals surface area contributed by atoms with E-state index in [1.54, 1.807) is 0 Å². The van der Waals surface area contributed by atoms with Gasteiger partial charge in [0.2, 0.25) is 5.91 Å². The quantitative estimate of drug-likeness (QED) is 0.759. The minimum absolute atomic E-state index is 0.0941. The third kappa shape index (κ3) is 4.45. The van der Waals surface area contributed by atoms with E-state index in [1.807, 2.05) is 0 Å². The van der Waals surface area contributed by atoms with Gasteiger partial charge in [-0.2, -0.15) is 0 Å². The van der Waals surface area contributed by atoms with Crippen molar-refractivity contribution in [3.05, 3.63) is 40.9 Å². The molecule has 0 aliphatic carbocycles. The summed E-state index contributed by atoms with van der Waals surface area (Å²) in [5.74, 6) is -2.01. The van der Waals surface area contributed by atoms with Crippen LogP contribution in [-0.4, -0.2) is 33.8 Å². The minimum Gasteiger partial charge on any atom is -0.495 e. The zero-order valence-corrected chi connectivity index (χ0v) is 15.0. The maximum absolute atomic E-state index is 13.7. The molecule has 2 rings (SSSR count). The summed E-state index contributed by atoms with van der Waals surface area (Å²) < 4.78 is 42.2. The molecule has 0 saturated heterocycles. The van der Waals surface area contributed by atoms with E-state index in [0.29, 0.717) is 22.2 Å². The molecule has 0 atom stereocenters. The summed E-state index contributed by atoms with van der Waals surface area (Å²) in [5, 5.41) is 5.56. The van der Waals surface area contributed by atoms with E-state index in [-0.39, 0.29) is 12.2 Å². The van der Waals surface area contributed by atoms with Crippen LogP contribution in [0.1, 0.15) is 0 Å². The number of carbonyl (C=O) groups excluding carboxylic acids is 1. The van der Waals surface area contributed by atoms with Crippen LogP contribution in [0.25, 0.3) is 0 Å². The van der Waals surface area contributed by atoms with Gasteiger partial charge < -0.3 is 24.8 Å². The molecule has 26 heavy (non-hydrogen) atoms. The van der Waals surface area contributed by atoms with E-state index < -0.39 is 23.3 Å². The molecular weight excluding hydrogens is 370 g/mol. The van der Waals surface area contributed by atoms with E-state index in [2.05, 4.69) is 15.4 Å². The maximum atomic E-state index is 13.7. The lowest BCUT2D eigenvalue weighted by atomic mass is 10.2. The summed E-state index contributed by atoms with van der Waals surface area (Å²) in [7, 11) is 4.03. The molecular formula is C17H17ClF2N2O4. The zero-order chi connectivity index (χ0) is 19.3. The van der Waals surface area contributed by atoms with Crippen molar-refractivity contribution in [3.63, 3.8) is 0 Å². The molecule has 0 spiro atoms. The molecule has 2 N–H and O–H groups in total. The molecule has 0 bridgehead atoms. The Morgan fingerprint density at radius 1 is 1.00 bits per heavy atom. The lowest BCUT2D eigenvalue weighted by Gasteiger charge is -2.14. The van der Waals surface area contributed by atoms with E-state index in [9.17, 15) is 13.6 Å². The highest BCUT2D eigenvalue weighted by atomic mass is 35.5. The average molecular weight is 387 g/mol. The zero-order valence-electron chi connectivity index (χ0n) is 14.3. The Balaban J connectivity index is 2.08. The molecule has 0 aliphatic rings. The summed E-state index contributed by atoms with van der Waals surface area (Å²) in [4.78, 5) is 12.1. The summed E-state index contributed by atoms with van der Waals surface area (Å²) in [5.41, 5.74) is 0.434. The Morgan fingerprint density at radius 3 is 2.15 bits per heavy atom. The number of hydrogen-bond acceptors (Lipinski definition) is 5. The van der Waals surface area contributed by atoms with E-state index in [0.717, 1.165) is 19.2 Å². The third-order valence-electron chi connectivity index (χ3n) is 3.40. The molecule has 0 unspecified atom stereocenters. The summed E-state index contributed by atoms with van der Waals surface area (Å²) >= 11 is 6.00. The highest BCUT2D eigenvalue weighted by Crippen LogP contribution is 2.35. The number of hydrogen-bond donors (Lipinski definition) is 2. The van der Waals surface area contributed by atoms with E-state index >= 15 is 0 Å². The third-order valence-corrected chi connectivity index (χ3v) is 3.70. The van der Waals surface area contributed by atoms with Gasteiger partial charge in [0.15, 0.2) is 17.4 Å². The van der Waals surface area contributed by atoms with Crippen molar-refractivity contribution in [1.82, 2.24) is 0 Å². The van der Waals surface area contributed by atoms with Crippen molar-refractivity contribution in [2.75, 3.05) is 38.5 Å². The number of rotatable bonds is 7. The van der Waals surface area contributed by atoms with Crippen molar-refractivity contribution < 1.29 is 27.8 Å². The Bertz CT molecular complexity index is 795. The number of nitrogens with one attached hydrogen (secondary N) is 2. The predicted octanol–water partition coefficient (Wildman–Crippen LogP) is 3.69. The number of anilines is 2. The Morgan fingerprint density at radius 2 is 1.62 bits per heavy atom. The topological polar surface area (TPSA) is 68.8 Å². The first-order chi connectivity index (χ1) is 12.4. The highest BCUT2D eigenvalue weighted by Gasteiger charge is 2.14. The Hall–Kier alpha value is -2.74. The lowest BCUT2D eigenvalue weighted by molar-refractivity contribution is -0.114. The molecule has 2 aromatic rings. The molecule has 140 valence electrons. The van der Waals surface area contributed by atoms with Crippen molar-refractivity contribution in [1.29, 1.82) is 0 Å². The average Bonchev–Trinajstić information content (AvgIpc) is 2.60. The molecule has 1 amide bonds. The van der Waals surface area contributed by atoms with Gasteiger partial charge in [-0.3, -0.25) is 4.79 Å². The van der Waals surface area contributed by atoms with Crippen LogP contribution < -0.4 is 24.8 Å². The molecule has 0 radical (unpaired) electrons. The molecule has 0 aromatic heterocycles. The molecule has 0 aliphatic heterocycles. The number of halogens is 3. The first-order valence-electron chi connectivity index (χ1n) is 7.37. The molecule has 9 heteroatoms. The number of benzene rings is 2. The Labute approximate surface area is 154 Å². The van der Waals surface area contributed by atoms with E-state index in [1.165, 1.54) is 26.4 Å². The van der Waals surface area contributed by atoms with Crippen molar-refractivity contribution in [3.8, 4) is 17.2 Å². The predicted molar refractivity (Wildman–Crippen MR) is 94.6 cm³/mol. The Kier molecular flexibility index (Phi) is 6.46. The second kappa shape index (κ2) is 8.57. The van der Waals surface area contributed by atoms with Crippen LogP contribution in [0.3, 0.4) is 0 Å². The number of ether oxygens (including phenoxy) is 3. The standard InChI is InChI=1S/C17H17ClF2N2O4/c1-24-14-7-13(15(25-2)6-10(14)18)22-16(23)8-21-9-4-11(19)17(26-3)12(20)5-9/h4-7,21H,8H2,1-3H3,(H,22,23). The number of methoxy groups -OCH3 is 3. The van der Waals surface area contributed by atoms with Crippen molar-refractivity contribution >= 4 is 28.9 Å². The van der Waals surface area contributed by atoms with Crippen LogP contribution in [0, 0.1) is 11.6 Å². The van der Waals surface area contributed by atoms with Crippen LogP contribution >= 0.6 is 11.6 Å². The molecule has 0 saturated carbocycles. The van der Waals surface area contributed by atoms with Crippen molar-refractivity contribution in [2.24, 2.45) is 0 Å². The largest absolute Gasteiger partial charge is 0.495 e. The van der Waals surface area contributed by atoms with Gasteiger partial charge in [-0.25, -0.2) is 8.78 Å². The fourth-order valence-electron chi connectivity index (χ4n) is 2.19. The first kappa shape index (κ1) is 19.6. The summed E-state index contributed by atoms with van der Waals surface area (Å²) in [6, 6.07) is 5.06. The molecule has 0 heterocycles. The van der Waals surface area contributed by atoms with Gasteiger partial charge >= 0.3 is 0 Å². The fourth-order valence-corrected chi connectivity index (χ4v) is 2.42. The minimum atomic E-state index is -0.875. The molecule has 0 fully saturated rings. The maximum Gasteiger partial charge on any atom is 0.243 e. The van der Waals surface area contributed by atoms with Crippen LogP contribution in [0.2, 0.25) is 5.02 Å². The summed E-state index contributed by atoms with van der Waals surface area (Å²) in [6.07, 6.45) is 0. The van der Waals surface area contributed by atoms with Crippen molar-refractivity contribution in [2.45, 2.75) is 0 Å². The number of amides is 1. The van der Waals surface area contributed by atoms with Gasteiger partial charge in [0.05, 0.1) is 38.6 Å². The highest BCUT2D eigenvalue weighted by molar-refractivity contribution is 6.32. The van der Waals surface area contributed by atoms with Crippen LogP contribution in [0.5, 0.6) is 17.2 Å². The SMILES string of the molecule is COc1cc(NC(=O)CNc2cc(F)c(OC)c(F)c2)c(OC)cc1Cl. The van der Waals surface area contributed by atoms with Crippen LogP contribution in [0.15, 0.2) is 24.3 Å². The van der Waals surface area contributed by atoms with Gasteiger partial charge in [0.1, 0.15) is 11.5 Å². The van der Waals surface area contributed by atoms with Gasteiger partial charge in [0, 0.05) is 30.0 Å². The second-order valence-electron chi connectivity index (χ2n) is 5.06. The molecule has 2 aromatic carbocycles. The smallest absolute Gasteiger partial charge is 0.243 e. The van der Waals surface area contributed by atoms with Crippen LogP contribution in [0.4, 0.5) is 20.2 Å². The normalized spacial score (nSPS) is 10.2. The van der Waals surface area contributed by atoms with Gasteiger partial charge in [-0.15, -0.1) is 0 Å². The van der Waals surface area contributed by atoms with Gasteiger partial charge in [0.25, 0.3) is 0 Å². The first-order valence-corrected chi connectivity index (χ1v) is 7.75. The second-order valence-corrected chi connectivity index (χ2v) is 5.47. The van der Waals surface area contributed by atoms with Crippen LogP contribution in [-0.2, 0) is 4.79 Å². The van der Waals surface area contributed by atoms with E-state index in [4.69, 9.17) is 21.1 Å².